The van der Waals surface area contributed by atoms with Crippen molar-refractivity contribution in [2.24, 2.45) is 0 Å². The quantitative estimate of drug-likeness (QED) is 0.631. The van der Waals surface area contributed by atoms with Crippen LogP contribution in [0.15, 0.2) is 0 Å². The van der Waals surface area contributed by atoms with Gasteiger partial charge in [-0.3, -0.25) is 4.79 Å². The molecule has 2 aliphatic rings. The highest BCUT2D eigenvalue weighted by atomic mass is 32.2. The maximum atomic E-state index is 11.2. The number of hydrogen-bond acceptors (Lipinski definition) is 4. The molecule has 3 atom stereocenters. The number of hydrogen-bond donors (Lipinski definition) is 0. The molecule has 0 bridgehead atoms. The summed E-state index contributed by atoms with van der Waals surface area (Å²) >= 11 is 1.73. The summed E-state index contributed by atoms with van der Waals surface area (Å²) in [5.41, 5.74) is 0. The summed E-state index contributed by atoms with van der Waals surface area (Å²) in [6, 6.07) is 0. The molecule has 0 aliphatic carbocycles. The van der Waals surface area contributed by atoms with Gasteiger partial charge in [0.15, 0.2) is 0 Å². The molecule has 0 aromatic heterocycles. The standard InChI is InChI=1S/C9H14O3S/c1-6-7(2-4-11-6)13-8-3-5-12-9(8)10/h6-8H,2-5H2,1H3. The van der Waals surface area contributed by atoms with Crippen LogP contribution in [0, 0.1) is 0 Å². The summed E-state index contributed by atoms with van der Waals surface area (Å²) in [6.45, 7) is 3.50. The van der Waals surface area contributed by atoms with Crippen LogP contribution < -0.4 is 0 Å². The van der Waals surface area contributed by atoms with Crippen LogP contribution in [0.25, 0.3) is 0 Å². The molecule has 2 saturated heterocycles. The van der Waals surface area contributed by atoms with E-state index in [2.05, 4.69) is 6.92 Å². The van der Waals surface area contributed by atoms with E-state index in [9.17, 15) is 4.79 Å². The largest absolute Gasteiger partial charge is 0.465 e. The first-order valence-corrected chi connectivity index (χ1v) is 5.65. The van der Waals surface area contributed by atoms with Crippen molar-refractivity contribution in [3.63, 3.8) is 0 Å². The van der Waals surface area contributed by atoms with Gasteiger partial charge in [0, 0.05) is 18.3 Å². The van der Waals surface area contributed by atoms with Crippen molar-refractivity contribution in [1.29, 1.82) is 0 Å². The third kappa shape index (κ3) is 1.99. The Kier molecular flexibility index (Phi) is 2.79. The summed E-state index contributed by atoms with van der Waals surface area (Å²) in [5, 5.41) is 0.546. The van der Waals surface area contributed by atoms with E-state index in [0.29, 0.717) is 18.0 Å². The highest BCUT2D eigenvalue weighted by Gasteiger charge is 2.34. The zero-order chi connectivity index (χ0) is 9.26. The van der Waals surface area contributed by atoms with Gasteiger partial charge in [-0.15, -0.1) is 11.8 Å². The lowest BCUT2D eigenvalue weighted by atomic mass is 10.3. The van der Waals surface area contributed by atoms with E-state index in [0.717, 1.165) is 19.4 Å². The van der Waals surface area contributed by atoms with Crippen LogP contribution in [0.3, 0.4) is 0 Å². The smallest absolute Gasteiger partial charge is 0.319 e. The Morgan fingerprint density at radius 1 is 1.38 bits per heavy atom. The molecular weight excluding hydrogens is 188 g/mol. The van der Waals surface area contributed by atoms with Gasteiger partial charge in [0.2, 0.25) is 0 Å². The van der Waals surface area contributed by atoms with Crippen molar-refractivity contribution in [3.05, 3.63) is 0 Å². The van der Waals surface area contributed by atoms with E-state index in [1.54, 1.807) is 11.8 Å². The normalized spacial score (nSPS) is 39.5. The molecule has 74 valence electrons. The molecule has 3 nitrogen and oxygen atoms in total. The van der Waals surface area contributed by atoms with Crippen LogP contribution in [0.4, 0.5) is 0 Å². The highest BCUT2D eigenvalue weighted by molar-refractivity contribution is 8.01. The van der Waals surface area contributed by atoms with Crippen molar-refractivity contribution >= 4 is 17.7 Å². The van der Waals surface area contributed by atoms with Crippen LogP contribution in [-0.4, -0.2) is 35.8 Å². The first kappa shape index (κ1) is 9.34. The SMILES string of the molecule is CC1OCCC1SC1CCOC1=O. The molecule has 2 heterocycles. The van der Waals surface area contributed by atoms with E-state index in [1.165, 1.54) is 0 Å². The van der Waals surface area contributed by atoms with Crippen molar-refractivity contribution in [2.75, 3.05) is 13.2 Å². The summed E-state index contributed by atoms with van der Waals surface area (Å²) in [4.78, 5) is 11.2. The Balaban J connectivity index is 1.86. The third-order valence-electron chi connectivity index (χ3n) is 2.53. The fourth-order valence-corrected chi connectivity index (χ4v) is 3.07. The Morgan fingerprint density at radius 3 is 2.77 bits per heavy atom. The second kappa shape index (κ2) is 3.88. The van der Waals surface area contributed by atoms with Crippen LogP contribution in [-0.2, 0) is 14.3 Å². The fourth-order valence-electron chi connectivity index (χ4n) is 1.70. The van der Waals surface area contributed by atoms with Gasteiger partial charge in [-0.1, -0.05) is 0 Å². The minimum Gasteiger partial charge on any atom is -0.465 e. The molecule has 0 amide bonds. The maximum absolute atomic E-state index is 11.2. The van der Waals surface area contributed by atoms with Gasteiger partial charge in [0.05, 0.1) is 12.7 Å². The number of rotatable bonds is 2. The van der Waals surface area contributed by atoms with Crippen LogP contribution in [0.5, 0.6) is 0 Å². The first-order valence-electron chi connectivity index (χ1n) is 4.71. The second-order valence-corrected chi connectivity index (χ2v) is 4.93. The summed E-state index contributed by atoms with van der Waals surface area (Å²) < 4.78 is 10.3. The second-order valence-electron chi connectivity index (χ2n) is 3.48. The molecule has 13 heavy (non-hydrogen) atoms. The van der Waals surface area contributed by atoms with Gasteiger partial charge in [-0.05, 0) is 13.3 Å². The molecule has 0 aromatic rings. The Hall–Kier alpha value is -0.220. The average molecular weight is 202 g/mol. The molecule has 4 heteroatoms. The van der Waals surface area contributed by atoms with Gasteiger partial charge >= 0.3 is 5.97 Å². The van der Waals surface area contributed by atoms with E-state index < -0.39 is 0 Å². The van der Waals surface area contributed by atoms with Gasteiger partial charge in [-0.2, -0.15) is 0 Å². The van der Waals surface area contributed by atoms with Crippen molar-refractivity contribution < 1.29 is 14.3 Å². The topological polar surface area (TPSA) is 35.5 Å². The molecule has 0 spiro atoms. The summed E-state index contributed by atoms with van der Waals surface area (Å²) in [7, 11) is 0. The average Bonchev–Trinajstić information content (AvgIpc) is 2.65. The Bertz CT molecular complexity index is 207. The molecular formula is C9H14O3S. The van der Waals surface area contributed by atoms with Gasteiger partial charge in [-0.25, -0.2) is 0 Å². The Labute approximate surface area is 82.2 Å². The predicted octanol–water partition coefficient (Wildman–Crippen LogP) is 1.21. The molecule has 0 radical (unpaired) electrons. The summed E-state index contributed by atoms with van der Waals surface area (Å²) in [6.07, 6.45) is 2.22. The van der Waals surface area contributed by atoms with Crippen LogP contribution in [0.2, 0.25) is 0 Å². The van der Waals surface area contributed by atoms with Crippen LogP contribution in [0.1, 0.15) is 19.8 Å². The lowest BCUT2D eigenvalue weighted by molar-refractivity contribution is -0.137. The number of ether oxygens (including phenoxy) is 2. The van der Waals surface area contributed by atoms with Crippen LogP contribution >= 0.6 is 11.8 Å². The molecule has 2 aliphatic heterocycles. The predicted molar refractivity (Wildman–Crippen MR) is 50.8 cm³/mol. The molecule has 0 saturated carbocycles. The molecule has 2 rings (SSSR count). The van der Waals surface area contributed by atoms with Gasteiger partial charge in [0.1, 0.15) is 5.25 Å². The van der Waals surface area contributed by atoms with Crippen molar-refractivity contribution in [2.45, 2.75) is 36.4 Å². The zero-order valence-corrected chi connectivity index (χ0v) is 8.51. The third-order valence-corrected chi connectivity index (χ3v) is 4.26. The lowest BCUT2D eigenvalue weighted by Crippen LogP contribution is -2.20. The zero-order valence-electron chi connectivity index (χ0n) is 7.69. The van der Waals surface area contributed by atoms with Gasteiger partial charge < -0.3 is 9.47 Å². The highest BCUT2D eigenvalue weighted by Crippen LogP contribution is 2.33. The number of carbonyl (C=O) groups excluding carboxylic acids is 1. The van der Waals surface area contributed by atoms with E-state index >= 15 is 0 Å². The minimum absolute atomic E-state index is 0.0379. The summed E-state index contributed by atoms with van der Waals surface area (Å²) in [5.74, 6) is -0.0379. The molecule has 0 N–H and O–H groups in total. The monoisotopic (exact) mass is 202 g/mol. The maximum Gasteiger partial charge on any atom is 0.319 e. The van der Waals surface area contributed by atoms with Crippen molar-refractivity contribution in [3.8, 4) is 0 Å². The number of cyclic esters (lactones) is 1. The Morgan fingerprint density at radius 2 is 2.23 bits per heavy atom. The lowest BCUT2D eigenvalue weighted by Gasteiger charge is -2.15. The van der Waals surface area contributed by atoms with E-state index in [1.807, 2.05) is 0 Å². The number of thioether (sulfide) groups is 1. The van der Waals surface area contributed by atoms with Gasteiger partial charge in [0.25, 0.3) is 0 Å². The number of esters is 1. The molecule has 0 aromatic carbocycles. The minimum atomic E-state index is -0.0379. The fraction of sp³-hybridized carbons (Fsp3) is 0.889. The van der Waals surface area contributed by atoms with E-state index in [-0.39, 0.29) is 11.2 Å². The van der Waals surface area contributed by atoms with Crippen molar-refractivity contribution in [1.82, 2.24) is 0 Å². The molecule has 3 unspecified atom stereocenters. The first-order chi connectivity index (χ1) is 6.27. The number of carbonyl (C=O) groups is 1. The van der Waals surface area contributed by atoms with E-state index in [4.69, 9.17) is 9.47 Å². The molecule has 2 fully saturated rings.